The number of piperazine rings is 1. The van der Waals surface area contributed by atoms with Crippen molar-refractivity contribution < 1.29 is 9.59 Å². The molecule has 0 aliphatic carbocycles. The Morgan fingerprint density at radius 3 is 2.20 bits per heavy atom. The number of hydrogen-bond acceptors (Lipinski definition) is 3. The van der Waals surface area contributed by atoms with Gasteiger partial charge in [0.15, 0.2) is 0 Å². The van der Waals surface area contributed by atoms with Crippen molar-refractivity contribution in [1.29, 1.82) is 0 Å². The number of hydrogen-bond donors (Lipinski definition) is 1. The molecule has 1 N–H and O–H groups in total. The van der Waals surface area contributed by atoms with Gasteiger partial charge in [0.2, 0.25) is 11.8 Å². The number of thioether (sulfide) groups is 1. The lowest BCUT2D eigenvalue weighted by atomic mass is 9.81. The van der Waals surface area contributed by atoms with E-state index in [1.54, 1.807) is 11.8 Å². The lowest BCUT2D eigenvalue weighted by Gasteiger charge is -2.51. The summed E-state index contributed by atoms with van der Waals surface area (Å²) in [6, 6.07) is 0. The summed E-state index contributed by atoms with van der Waals surface area (Å²) in [5, 5.41) is 2.97. The predicted molar refractivity (Wildman–Crippen MR) is 84.9 cm³/mol. The van der Waals surface area contributed by atoms with E-state index < -0.39 is 11.1 Å². The van der Waals surface area contributed by atoms with Crippen LogP contribution >= 0.6 is 11.8 Å². The lowest BCUT2D eigenvalue weighted by Crippen LogP contribution is -2.74. The van der Waals surface area contributed by atoms with Crippen molar-refractivity contribution in [2.75, 3.05) is 18.6 Å². The molecule has 0 aromatic heterocycles. The monoisotopic (exact) mass is 300 g/mol. The van der Waals surface area contributed by atoms with Crippen LogP contribution in [0.1, 0.15) is 53.4 Å². The van der Waals surface area contributed by atoms with Crippen molar-refractivity contribution in [3.63, 3.8) is 0 Å². The van der Waals surface area contributed by atoms with Crippen molar-refractivity contribution in [3.8, 4) is 0 Å². The Kier molecular flexibility index (Phi) is 5.92. The Labute approximate surface area is 127 Å². The van der Waals surface area contributed by atoms with Gasteiger partial charge in [-0.25, -0.2) is 0 Å². The van der Waals surface area contributed by atoms with Crippen LogP contribution < -0.4 is 5.32 Å². The molecule has 4 nitrogen and oxygen atoms in total. The zero-order valence-electron chi connectivity index (χ0n) is 13.4. The molecule has 1 aliphatic heterocycles. The number of amides is 2. The van der Waals surface area contributed by atoms with E-state index in [4.69, 9.17) is 0 Å². The van der Waals surface area contributed by atoms with Crippen LogP contribution in [0.25, 0.3) is 0 Å². The molecule has 0 radical (unpaired) electrons. The van der Waals surface area contributed by atoms with Gasteiger partial charge in [0.25, 0.3) is 0 Å². The first-order valence-corrected chi connectivity index (χ1v) is 8.94. The summed E-state index contributed by atoms with van der Waals surface area (Å²) in [5.41, 5.74) is -1.41. The SMILES string of the molecule is CCC1(C)NC(=O)C(CC)(CC)N(CCCSC)C1=O. The molecular formula is C15H28N2O2S. The van der Waals surface area contributed by atoms with Crippen LogP contribution in [0.15, 0.2) is 0 Å². The highest BCUT2D eigenvalue weighted by molar-refractivity contribution is 7.98. The summed E-state index contributed by atoms with van der Waals surface area (Å²) in [7, 11) is 0. The Bertz CT molecular complexity index is 369. The molecule has 1 aliphatic rings. The van der Waals surface area contributed by atoms with Gasteiger partial charge in [-0.1, -0.05) is 20.8 Å². The van der Waals surface area contributed by atoms with Crippen LogP contribution in [0.2, 0.25) is 0 Å². The fraction of sp³-hybridized carbons (Fsp3) is 0.867. The highest BCUT2D eigenvalue weighted by Crippen LogP contribution is 2.33. The molecule has 0 saturated carbocycles. The average Bonchev–Trinajstić information content (AvgIpc) is 2.45. The Morgan fingerprint density at radius 1 is 1.15 bits per heavy atom. The number of nitrogens with one attached hydrogen (secondary N) is 1. The predicted octanol–water partition coefficient (Wildman–Crippen LogP) is 2.43. The number of rotatable bonds is 7. The van der Waals surface area contributed by atoms with Crippen LogP contribution in [-0.2, 0) is 9.59 Å². The molecular weight excluding hydrogens is 272 g/mol. The number of carbonyl (C=O) groups excluding carboxylic acids is 2. The summed E-state index contributed by atoms with van der Waals surface area (Å²) in [6.45, 7) is 8.44. The van der Waals surface area contributed by atoms with Gasteiger partial charge in [-0.15, -0.1) is 0 Å². The van der Waals surface area contributed by atoms with Crippen LogP contribution in [0.5, 0.6) is 0 Å². The number of carbonyl (C=O) groups is 2. The molecule has 1 saturated heterocycles. The minimum Gasteiger partial charge on any atom is -0.340 e. The van der Waals surface area contributed by atoms with Gasteiger partial charge in [-0.2, -0.15) is 11.8 Å². The van der Waals surface area contributed by atoms with Crippen molar-refractivity contribution in [1.82, 2.24) is 10.2 Å². The smallest absolute Gasteiger partial charge is 0.248 e. The quantitative estimate of drug-likeness (QED) is 0.735. The maximum Gasteiger partial charge on any atom is 0.248 e. The standard InChI is InChI=1S/C15H28N2O2S/c1-6-14(4)13(19)17(10-9-11-20-5)15(7-2,8-3)12(18)16-14/h6-11H2,1-5H3,(H,16,18). The van der Waals surface area contributed by atoms with Gasteiger partial charge in [-0.05, 0) is 44.6 Å². The molecule has 0 aromatic carbocycles. The molecule has 116 valence electrons. The Balaban J connectivity index is 3.10. The Hall–Kier alpha value is -0.710. The molecule has 1 fully saturated rings. The van der Waals surface area contributed by atoms with Gasteiger partial charge in [-0.3, -0.25) is 9.59 Å². The highest BCUT2D eigenvalue weighted by Gasteiger charge is 2.54. The zero-order chi connectivity index (χ0) is 15.4. The topological polar surface area (TPSA) is 49.4 Å². The average molecular weight is 300 g/mol. The van der Waals surface area contributed by atoms with E-state index in [0.29, 0.717) is 25.8 Å². The van der Waals surface area contributed by atoms with E-state index >= 15 is 0 Å². The van der Waals surface area contributed by atoms with Crippen molar-refractivity contribution in [3.05, 3.63) is 0 Å². The fourth-order valence-electron chi connectivity index (χ4n) is 2.91. The third-order valence-electron chi connectivity index (χ3n) is 4.65. The lowest BCUT2D eigenvalue weighted by molar-refractivity contribution is -0.163. The molecule has 1 rings (SSSR count). The minimum absolute atomic E-state index is 0.00982. The second-order valence-electron chi connectivity index (χ2n) is 5.68. The van der Waals surface area contributed by atoms with Crippen LogP contribution in [0.4, 0.5) is 0 Å². The molecule has 0 bridgehead atoms. The molecule has 20 heavy (non-hydrogen) atoms. The maximum atomic E-state index is 12.9. The van der Waals surface area contributed by atoms with Crippen molar-refractivity contribution in [2.45, 2.75) is 64.5 Å². The first-order valence-electron chi connectivity index (χ1n) is 7.55. The van der Waals surface area contributed by atoms with Crippen LogP contribution in [0, 0.1) is 0 Å². The summed E-state index contributed by atoms with van der Waals surface area (Å²) in [6.07, 6.45) is 4.95. The van der Waals surface area contributed by atoms with Gasteiger partial charge < -0.3 is 10.2 Å². The molecule has 0 spiro atoms. The van der Waals surface area contributed by atoms with Crippen molar-refractivity contribution in [2.24, 2.45) is 0 Å². The molecule has 2 amide bonds. The van der Waals surface area contributed by atoms with E-state index in [-0.39, 0.29) is 11.8 Å². The fourth-order valence-corrected chi connectivity index (χ4v) is 3.33. The normalized spacial score (nSPS) is 25.8. The summed E-state index contributed by atoms with van der Waals surface area (Å²) in [4.78, 5) is 27.3. The summed E-state index contributed by atoms with van der Waals surface area (Å²) >= 11 is 1.77. The maximum absolute atomic E-state index is 12.9. The van der Waals surface area contributed by atoms with Crippen LogP contribution in [0.3, 0.4) is 0 Å². The largest absolute Gasteiger partial charge is 0.340 e. The third-order valence-corrected chi connectivity index (χ3v) is 5.35. The Morgan fingerprint density at radius 2 is 1.75 bits per heavy atom. The molecule has 1 atom stereocenters. The molecule has 5 heteroatoms. The minimum atomic E-state index is -0.746. The zero-order valence-corrected chi connectivity index (χ0v) is 14.2. The van der Waals surface area contributed by atoms with E-state index in [9.17, 15) is 9.59 Å². The third kappa shape index (κ3) is 2.83. The molecule has 1 unspecified atom stereocenters. The summed E-state index contributed by atoms with van der Waals surface area (Å²) < 4.78 is 0. The van der Waals surface area contributed by atoms with E-state index in [0.717, 1.165) is 12.2 Å². The molecule has 0 aromatic rings. The first kappa shape index (κ1) is 17.3. The highest BCUT2D eigenvalue weighted by atomic mass is 32.2. The van der Waals surface area contributed by atoms with Gasteiger partial charge in [0, 0.05) is 6.54 Å². The van der Waals surface area contributed by atoms with Gasteiger partial charge >= 0.3 is 0 Å². The van der Waals surface area contributed by atoms with Crippen molar-refractivity contribution >= 4 is 23.6 Å². The van der Waals surface area contributed by atoms with Crippen LogP contribution in [-0.4, -0.2) is 46.3 Å². The molecule has 1 heterocycles. The number of nitrogens with zero attached hydrogens (tertiary/aromatic N) is 1. The second kappa shape index (κ2) is 6.83. The van der Waals surface area contributed by atoms with Gasteiger partial charge in [0.1, 0.15) is 11.1 Å². The van der Waals surface area contributed by atoms with E-state index in [1.165, 1.54) is 0 Å². The summed E-state index contributed by atoms with van der Waals surface area (Å²) in [5.74, 6) is 1.09. The van der Waals surface area contributed by atoms with E-state index in [1.807, 2.05) is 32.6 Å². The van der Waals surface area contributed by atoms with E-state index in [2.05, 4.69) is 11.6 Å². The second-order valence-corrected chi connectivity index (χ2v) is 6.67. The van der Waals surface area contributed by atoms with Gasteiger partial charge in [0.05, 0.1) is 0 Å². The first-order chi connectivity index (χ1) is 9.41.